The Hall–Kier alpha value is -2.82. The van der Waals surface area contributed by atoms with Crippen LogP contribution in [0.3, 0.4) is 0 Å². The van der Waals surface area contributed by atoms with Gasteiger partial charge in [-0.05, 0) is 36.8 Å². The first-order valence-corrected chi connectivity index (χ1v) is 11.6. The zero-order valence-electron chi connectivity index (χ0n) is 17.7. The van der Waals surface area contributed by atoms with Gasteiger partial charge in [0.05, 0.1) is 38.2 Å². The molecule has 172 valence electrons. The molecule has 0 saturated carbocycles. The van der Waals surface area contributed by atoms with Gasteiger partial charge in [0.1, 0.15) is 23.7 Å². The molecule has 1 fully saturated rings. The monoisotopic (exact) mass is 463 g/mol. The number of aliphatic hydroxyl groups excluding tert-OH is 1. The Morgan fingerprint density at radius 1 is 1.22 bits per heavy atom. The Morgan fingerprint density at radius 2 is 2.03 bits per heavy atom. The second kappa shape index (κ2) is 8.97. The predicted molar refractivity (Wildman–Crippen MR) is 114 cm³/mol. The van der Waals surface area contributed by atoms with Gasteiger partial charge in [0.2, 0.25) is 0 Å². The third-order valence-corrected chi connectivity index (χ3v) is 7.10. The quantitative estimate of drug-likeness (QED) is 0.599. The Balaban J connectivity index is 1.58. The molecule has 2 aliphatic heterocycles. The van der Waals surface area contributed by atoms with Gasteiger partial charge in [-0.25, -0.2) is 8.42 Å². The van der Waals surface area contributed by atoms with E-state index in [1.807, 2.05) is 0 Å². The molecule has 1 saturated heterocycles. The maximum atomic E-state index is 12.9. The van der Waals surface area contributed by atoms with Crippen LogP contribution in [0.15, 0.2) is 47.4 Å². The summed E-state index contributed by atoms with van der Waals surface area (Å²) >= 11 is 0. The molecule has 0 radical (unpaired) electrons. The molecule has 0 bridgehead atoms. The lowest BCUT2D eigenvalue weighted by Gasteiger charge is -2.36. The van der Waals surface area contributed by atoms with Gasteiger partial charge in [-0.3, -0.25) is 9.52 Å². The van der Waals surface area contributed by atoms with Crippen molar-refractivity contribution in [3.63, 3.8) is 0 Å². The molecule has 0 aromatic heterocycles. The van der Waals surface area contributed by atoms with E-state index in [0.717, 1.165) is 5.56 Å². The summed E-state index contributed by atoms with van der Waals surface area (Å²) in [5, 5.41) is 9.78. The van der Waals surface area contributed by atoms with Crippen molar-refractivity contribution < 1.29 is 37.3 Å². The predicted octanol–water partition coefficient (Wildman–Crippen LogP) is 2.05. The van der Waals surface area contributed by atoms with Crippen LogP contribution in [0, 0.1) is 0 Å². The number of carbonyl (C=O) groups is 1. The van der Waals surface area contributed by atoms with Crippen molar-refractivity contribution in [2.45, 2.75) is 42.0 Å². The number of benzene rings is 2. The van der Waals surface area contributed by atoms with Crippen LogP contribution in [0.1, 0.15) is 24.3 Å². The molecule has 0 spiro atoms. The van der Waals surface area contributed by atoms with Crippen LogP contribution in [0.25, 0.3) is 0 Å². The molecule has 9 nitrogen and oxygen atoms in total. The van der Waals surface area contributed by atoms with Crippen molar-refractivity contribution in [1.82, 2.24) is 0 Å². The number of esters is 1. The highest BCUT2D eigenvalue weighted by Crippen LogP contribution is 2.47. The summed E-state index contributed by atoms with van der Waals surface area (Å²) in [5.74, 6) is 0.480. The minimum absolute atomic E-state index is 0.0632. The van der Waals surface area contributed by atoms with Crippen LogP contribution in [0.2, 0.25) is 0 Å². The highest BCUT2D eigenvalue weighted by Gasteiger charge is 2.46. The fraction of sp³-hybridized carbons (Fsp3) is 0.409. The van der Waals surface area contributed by atoms with E-state index in [2.05, 4.69) is 4.72 Å². The number of rotatable bonds is 7. The lowest BCUT2D eigenvalue weighted by Crippen LogP contribution is -2.46. The number of sulfonamides is 1. The standard InChI is InChI=1S/C22H25NO8S/c1-28-14-4-3-5-16(9-14)32(26,27)23-13-6-7-19-17(8-13)18-10-15(11-21(25)29-2)30-20(12-24)22(18)31-19/h3-9,15,18,20,22-24H,10-12H2,1-2H3/t15-,18-,20+,22+/m0/s1. The fourth-order valence-electron chi connectivity index (χ4n) is 4.20. The number of methoxy groups -OCH3 is 2. The highest BCUT2D eigenvalue weighted by molar-refractivity contribution is 7.92. The maximum absolute atomic E-state index is 12.9. The van der Waals surface area contributed by atoms with Crippen LogP contribution in [0.4, 0.5) is 5.69 Å². The van der Waals surface area contributed by atoms with E-state index in [9.17, 15) is 18.3 Å². The summed E-state index contributed by atoms with van der Waals surface area (Å²) in [6.07, 6.45) is -0.919. The fourth-order valence-corrected chi connectivity index (χ4v) is 5.29. The zero-order valence-corrected chi connectivity index (χ0v) is 18.5. The van der Waals surface area contributed by atoms with E-state index in [4.69, 9.17) is 18.9 Å². The minimum Gasteiger partial charge on any atom is -0.497 e. The summed E-state index contributed by atoms with van der Waals surface area (Å²) in [4.78, 5) is 11.8. The number of hydrogen-bond acceptors (Lipinski definition) is 8. The van der Waals surface area contributed by atoms with Crippen molar-refractivity contribution in [2.24, 2.45) is 0 Å². The number of hydrogen-bond donors (Lipinski definition) is 2. The van der Waals surface area contributed by atoms with Gasteiger partial charge in [-0.15, -0.1) is 0 Å². The molecule has 2 aromatic carbocycles. The summed E-state index contributed by atoms with van der Waals surface area (Å²) < 4.78 is 50.0. The Morgan fingerprint density at radius 3 is 2.75 bits per heavy atom. The van der Waals surface area contributed by atoms with Crippen LogP contribution in [0.5, 0.6) is 11.5 Å². The van der Waals surface area contributed by atoms with Crippen molar-refractivity contribution in [3.05, 3.63) is 48.0 Å². The summed E-state index contributed by atoms with van der Waals surface area (Å²) in [6, 6.07) is 11.2. The first-order chi connectivity index (χ1) is 15.3. The van der Waals surface area contributed by atoms with Gasteiger partial charge < -0.3 is 24.1 Å². The number of aliphatic hydroxyl groups is 1. The van der Waals surface area contributed by atoms with Gasteiger partial charge in [0.15, 0.2) is 0 Å². The summed E-state index contributed by atoms with van der Waals surface area (Å²) in [6.45, 7) is -0.262. The second-order valence-electron chi connectivity index (χ2n) is 7.72. The van der Waals surface area contributed by atoms with E-state index in [-0.39, 0.29) is 23.8 Å². The minimum atomic E-state index is -3.83. The molecule has 4 atom stereocenters. The number of fused-ring (bicyclic) bond motifs is 3. The molecule has 2 aliphatic rings. The largest absolute Gasteiger partial charge is 0.497 e. The smallest absolute Gasteiger partial charge is 0.308 e. The van der Waals surface area contributed by atoms with Crippen molar-refractivity contribution in [1.29, 1.82) is 0 Å². The van der Waals surface area contributed by atoms with E-state index in [1.165, 1.54) is 26.4 Å². The van der Waals surface area contributed by atoms with Crippen molar-refractivity contribution in [2.75, 3.05) is 25.5 Å². The van der Waals surface area contributed by atoms with Crippen LogP contribution in [-0.4, -0.2) is 58.6 Å². The molecule has 10 heteroatoms. The van der Waals surface area contributed by atoms with Crippen molar-refractivity contribution in [3.8, 4) is 11.5 Å². The lowest BCUT2D eigenvalue weighted by atomic mass is 9.84. The Labute approximate surface area is 186 Å². The maximum Gasteiger partial charge on any atom is 0.308 e. The molecule has 0 amide bonds. The zero-order chi connectivity index (χ0) is 22.9. The SMILES string of the molecule is COC(=O)C[C@@H]1C[C@H]2c3cc(NS(=O)(=O)c4cccc(OC)c4)ccc3O[C@H]2[C@@H](CO)O1. The first kappa shape index (κ1) is 22.4. The van der Waals surface area contributed by atoms with Crippen molar-refractivity contribution >= 4 is 21.7 Å². The third-order valence-electron chi connectivity index (χ3n) is 5.73. The molecular weight excluding hydrogens is 438 g/mol. The average Bonchev–Trinajstić information content (AvgIpc) is 3.16. The Bertz CT molecular complexity index is 1100. The van der Waals surface area contributed by atoms with Crippen LogP contribution >= 0.6 is 0 Å². The Kier molecular flexibility index (Phi) is 6.27. The first-order valence-electron chi connectivity index (χ1n) is 10.1. The molecule has 4 rings (SSSR count). The molecule has 2 heterocycles. The van der Waals surface area contributed by atoms with E-state index in [1.54, 1.807) is 30.3 Å². The van der Waals surface area contributed by atoms with Gasteiger partial charge >= 0.3 is 5.97 Å². The lowest BCUT2D eigenvalue weighted by molar-refractivity contribution is -0.156. The molecular formula is C22H25NO8S. The summed E-state index contributed by atoms with van der Waals surface area (Å²) in [7, 11) is -1.05. The number of nitrogens with one attached hydrogen (secondary N) is 1. The number of carbonyl (C=O) groups excluding carboxylic acids is 1. The topological polar surface area (TPSA) is 120 Å². The molecule has 2 N–H and O–H groups in total. The molecule has 32 heavy (non-hydrogen) atoms. The van der Waals surface area contributed by atoms with E-state index >= 15 is 0 Å². The average molecular weight is 464 g/mol. The molecule has 0 unspecified atom stereocenters. The van der Waals surface area contributed by atoms with Gasteiger partial charge in [-0.1, -0.05) is 6.07 Å². The van der Waals surface area contributed by atoms with Gasteiger partial charge in [0, 0.05) is 23.2 Å². The van der Waals surface area contributed by atoms with Gasteiger partial charge in [-0.2, -0.15) is 0 Å². The molecule has 2 aromatic rings. The summed E-state index contributed by atoms with van der Waals surface area (Å²) in [5.41, 5.74) is 1.19. The normalized spacial score (nSPS) is 24.1. The second-order valence-corrected chi connectivity index (χ2v) is 9.40. The van der Waals surface area contributed by atoms with Crippen LogP contribution < -0.4 is 14.2 Å². The third kappa shape index (κ3) is 4.38. The van der Waals surface area contributed by atoms with E-state index < -0.39 is 34.3 Å². The number of anilines is 1. The van der Waals surface area contributed by atoms with Gasteiger partial charge in [0.25, 0.3) is 10.0 Å². The number of ether oxygens (including phenoxy) is 4. The van der Waals surface area contributed by atoms with Crippen LogP contribution in [-0.2, 0) is 24.3 Å². The molecule has 0 aliphatic carbocycles. The highest BCUT2D eigenvalue weighted by atomic mass is 32.2. The van der Waals surface area contributed by atoms with E-state index in [0.29, 0.717) is 23.6 Å².